The molecular weight excluding hydrogens is 356 g/mol. The summed E-state index contributed by atoms with van der Waals surface area (Å²) in [6.45, 7) is 0.932. The zero-order valence-electron chi connectivity index (χ0n) is 13.5. The summed E-state index contributed by atoms with van der Waals surface area (Å²) in [4.78, 5) is 25.6. The first-order chi connectivity index (χ1) is 11.2. The van der Waals surface area contributed by atoms with E-state index in [1.54, 1.807) is 4.90 Å². The van der Waals surface area contributed by atoms with Gasteiger partial charge in [0.2, 0.25) is 10.0 Å². The summed E-state index contributed by atoms with van der Waals surface area (Å²) in [7, 11) is -0.931. The molecule has 9 heteroatoms. The van der Waals surface area contributed by atoms with E-state index in [2.05, 4.69) is 0 Å². The molecule has 2 rings (SSSR count). The summed E-state index contributed by atoms with van der Waals surface area (Å²) < 4.78 is 30.3. The molecule has 0 atom stereocenters. The monoisotopic (exact) mass is 374 g/mol. The van der Waals surface area contributed by atoms with E-state index in [0.717, 1.165) is 23.2 Å². The number of amides is 1. The van der Waals surface area contributed by atoms with E-state index in [9.17, 15) is 18.0 Å². The number of hydrogen-bond acceptors (Lipinski definition) is 5. The smallest absolute Gasteiger partial charge is 0.340 e. The molecule has 0 aliphatic carbocycles. The lowest BCUT2D eigenvalue weighted by Gasteiger charge is -2.15. The Labute approximate surface area is 146 Å². The summed E-state index contributed by atoms with van der Waals surface area (Å²) in [6, 6.07) is 3.78. The molecule has 1 aliphatic heterocycles. The number of hydrogen-bond donors (Lipinski definition) is 0. The van der Waals surface area contributed by atoms with Gasteiger partial charge in [-0.3, -0.25) is 4.79 Å². The molecule has 132 valence electrons. The van der Waals surface area contributed by atoms with Gasteiger partial charge in [0.25, 0.3) is 5.91 Å². The Morgan fingerprint density at radius 3 is 2.46 bits per heavy atom. The first kappa shape index (κ1) is 18.7. The van der Waals surface area contributed by atoms with Gasteiger partial charge in [-0.05, 0) is 31.0 Å². The van der Waals surface area contributed by atoms with Gasteiger partial charge in [-0.2, -0.15) is 0 Å². The van der Waals surface area contributed by atoms with Crippen LogP contribution < -0.4 is 0 Å². The van der Waals surface area contributed by atoms with Gasteiger partial charge in [0.15, 0.2) is 6.61 Å². The number of ether oxygens (including phenoxy) is 1. The fourth-order valence-corrected chi connectivity index (χ4v) is 3.42. The maximum absolute atomic E-state index is 12.1. The lowest BCUT2D eigenvalue weighted by atomic mass is 10.2. The summed E-state index contributed by atoms with van der Waals surface area (Å²) >= 11 is 5.96. The van der Waals surface area contributed by atoms with Crippen LogP contribution in [-0.2, 0) is 19.6 Å². The van der Waals surface area contributed by atoms with Crippen molar-refractivity contribution in [3.8, 4) is 0 Å². The molecule has 1 aromatic carbocycles. The second-order valence-corrected chi connectivity index (χ2v) is 8.15. The molecule has 1 amide bonds. The molecular formula is C15H19ClN2O5S. The van der Waals surface area contributed by atoms with Crippen LogP contribution in [0.4, 0.5) is 0 Å². The number of carbonyl (C=O) groups is 2. The van der Waals surface area contributed by atoms with Crippen molar-refractivity contribution in [1.29, 1.82) is 0 Å². The molecule has 1 fully saturated rings. The van der Waals surface area contributed by atoms with Gasteiger partial charge >= 0.3 is 5.97 Å². The number of nitrogens with zero attached hydrogens (tertiary/aromatic N) is 2. The fourth-order valence-electron chi connectivity index (χ4n) is 2.29. The number of esters is 1. The van der Waals surface area contributed by atoms with E-state index in [1.807, 2.05) is 0 Å². The van der Waals surface area contributed by atoms with Crippen molar-refractivity contribution in [2.45, 2.75) is 17.7 Å². The van der Waals surface area contributed by atoms with Crippen LogP contribution in [-0.4, -0.2) is 63.3 Å². The molecule has 0 aromatic heterocycles. The third-order valence-corrected chi connectivity index (χ3v) is 5.86. The number of rotatable bonds is 5. The van der Waals surface area contributed by atoms with Gasteiger partial charge in [0, 0.05) is 27.2 Å². The van der Waals surface area contributed by atoms with Gasteiger partial charge in [-0.15, -0.1) is 0 Å². The average molecular weight is 375 g/mol. The maximum Gasteiger partial charge on any atom is 0.340 e. The minimum absolute atomic E-state index is 0.0614. The Balaban J connectivity index is 2.12. The molecule has 1 heterocycles. The van der Waals surface area contributed by atoms with Crippen molar-refractivity contribution >= 4 is 33.5 Å². The number of halogens is 1. The van der Waals surface area contributed by atoms with Crippen LogP contribution in [0.5, 0.6) is 0 Å². The van der Waals surface area contributed by atoms with Gasteiger partial charge in [0.05, 0.1) is 15.5 Å². The SMILES string of the molecule is CN(C)S(=O)(=O)c1ccc(Cl)c(C(=O)OCC(=O)N2CCCC2)c1. The molecule has 0 bridgehead atoms. The summed E-state index contributed by atoms with van der Waals surface area (Å²) in [5.41, 5.74) is -0.0891. The van der Waals surface area contributed by atoms with E-state index in [0.29, 0.717) is 13.1 Å². The number of likely N-dealkylation sites (tertiary alicyclic amines) is 1. The van der Waals surface area contributed by atoms with Crippen molar-refractivity contribution < 1.29 is 22.7 Å². The quantitative estimate of drug-likeness (QED) is 0.727. The Morgan fingerprint density at radius 1 is 1.25 bits per heavy atom. The van der Waals surface area contributed by atoms with Crippen LogP contribution in [0.1, 0.15) is 23.2 Å². The Kier molecular flexibility index (Phi) is 5.84. The molecule has 1 aliphatic rings. The highest BCUT2D eigenvalue weighted by atomic mass is 35.5. The number of benzene rings is 1. The first-order valence-electron chi connectivity index (χ1n) is 7.40. The van der Waals surface area contributed by atoms with Crippen molar-refractivity contribution in [2.24, 2.45) is 0 Å². The Bertz CT molecular complexity index is 742. The van der Waals surface area contributed by atoms with Crippen LogP contribution in [0, 0.1) is 0 Å². The third-order valence-electron chi connectivity index (χ3n) is 3.72. The van der Waals surface area contributed by atoms with Crippen LogP contribution in [0.3, 0.4) is 0 Å². The first-order valence-corrected chi connectivity index (χ1v) is 9.22. The van der Waals surface area contributed by atoms with Crippen LogP contribution in [0.15, 0.2) is 23.1 Å². The molecule has 7 nitrogen and oxygen atoms in total. The Hall–Kier alpha value is -1.64. The van der Waals surface area contributed by atoms with Crippen LogP contribution in [0.2, 0.25) is 5.02 Å². The third kappa shape index (κ3) is 4.06. The number of carbonyl (C=O) groups excluding carboxylic acids is 2. The number of sulfonamides is 1. The summed E-state index contributed by atoms with van der Waals surface area (Å²) in [5, 5.41) is 0.0614. The van der Waals surface area contributed by atoms with E-state index < -0.39 is 16.0 Å². The van der Waals surface area contributed by atoms with E-state index in [-0.39, 0.29) is 28.0 Å². The predicted octanol–water partition coefficient (Wildman–Crippen LogP) is 1.37. The zero-order chi connectivity index (χ0) is 17.9. The zero-order valence-corrected chi connectivity index (χ0v) is 15.1. The van der Waals surface area contributed by atoms with Crippen LogP contribution in [0.25, 0.3) is 0 Å². The van der Waals surface area contributed by atoms with Crippen LogP contribution >= 0.6 is 11.6 Å². The molecule has 1 aromatic rings. The Morgan fingerprint density at radius 2 is 1.88 bits per heavy atom. The highest BCUT2D eigenvalue weighted by Crippen LogP contribution is 2.23. The van der Waals surface area contributed by atoms with Crippen molar-refractivity contribution in [1.82, 2.24) is 9.21 Å². The van der Waals surface area contributed by atoms with Gasteiger partial charge in [-0.1, -0.05) is 11.6 Å². The van der Waals surface area contributed by atoms with Gasteiger partial charge < -0.3 is 9.64 Å². The van der Waals surface area contributed by atoms with Gasteiger partial charge in [0.1, 0.15) is 0 Å². The fraction of sp³-hybridized carbons (Fsp3) is 0.467. The summed E-state index contributed by atoms with van der Waals surface area (Å²) in [5.74, 6) is -1.10. The summed E-state index contributed by atoms with van der Waals surface area (Å²) in [6.07, 6.45) is 1.88. The molecule has 24 heavy (non-hydrogen) atoms. The minimum atomic E-state index is -3.70. The molecule has 0 radical (unpaired) electrons. The molecule has 0 saturated carbocycles. The average Bonchev–Trinajstić information content (AvgIpc) is 3.06. The highest BCUT2D eigenvalue weighted by Gasteiger charge is 2.23. The highest BCUT2D eigenvalue weighted by molar-refractivity contribution is 7.89. The molecule has 0 unspecified atom stereocenters. The maximum atomic E-state index is 12.1. The predicted molar refractivity (Wildman–Crippen MR) is 88.4 cm³/mol. The van der Waals surface area contributed by atoms with Gasteiger partial charge in [-0.25, -0.2) is 17.5 Å². The second kappa shape index (κ2) is 7.50. The van der Waals surface area contributed by atoms with Crippen molar-refractivity contribution in [2.75, 3.05) is 33.8 Å². The largest absolute Gasteiger partial charge is 0.452 e. The lowest BCUT2D eigenvalue weighted by Crippen LogP contribution is -2.32. The lowest BCUT2D eigenvalue weighted by molar-refractivity contribution is -0.133. The topological polar surface area (TPSA) is 84.0 Å². The van der Waals surface area contributed by atoms with E-state index in [4.69, 9.17) is 16.3 Å². The normalized spacial score (nSPS) is 14.9. The van der Waals surface area contributed by atoms with E-state index in [1.165, 1.54) is 26.2 Å². The minimum Gasteiger partial charge on any atom is -0.452 e. The molecule has 0 spiro atoms. The second-order valence-electron chi connectivity index (χ2n) is 5.59. The standard InChI is InChI=1S/C15H19ClN2O5S/c1-17(2)24(21,22)11-5-6-13(16)12(9-11)15(20)23-10-14(19)18-7-3-4-8-18/h5-6,9H,3-4,7-8,10H2,1-2H3. The molecule has 0 N–H and O–H groups in total. The molecule has 1 saturated heterocycles. The van der Waals surface area contributed by atoms with Crippen molar-refractivity contribution in [3.05, 3.63) is 28.8 Å². The van der Waals surface area contributed by atoms with E-state index >= 15 is 0 Å². The van der Waals surface area contributed by atoms with Crippen molar-refractivity contribution in [3.63, 3.8) is 0 Å².